The number of benzene rings is 1. The van der Waals surface area contributed by atoms with Crippen molar-refractivity contribution in [1.82, 2.24) is 9.61 Å². The highest BCUT2D eigenvalue weighted by atomic mass is 19.1. The van der Waals surface area contributed by atoms with E-state index in [4.69, 9.17) is 4.74 Å². The number of ether oxygens (including phenoxy) is 1. The molecule has 0 fully saturated rings. The van der Waals surface area contributed by atoms with Crippen molar-refractivity contribution < 1.29 is 13.9 Å². The molecule has 3 rings (SSSR count). The molecule has 1 amide bonds. The van der Waals surface area contributed by atoms with Crippen LogP contribution in [0.4, 0.5) is 10.1 Å². The molecule has 0 aliphatic rings. The molecule has 0 radical (unpaired) electrons. The van der Waals surface area contributed by atoms with Crippen LogP contribution in [0.25, 0.3) is 5.52 Å². The number of carbonyl (C=O) groups excluding carboxylic acids is 1. The van der Waals surface area contributed by atoms with E-state index in [0.717, 1.165) is 5.52 Å². The van der Waals surface area contributed by atoms with Gasteiger partial charge in [-0.25, -0.2) is 8.91 Å². The van der Waals surface area contributed by atoms with Crippen LogP contribution in [0.3, 0.4) is 0 Å². The molecule has 0 unspecified atom stereocenters. The number of amides is 1. The average Bonchev–Trinajstić information content (AvgIpc) is 2.94. The Morgan fingerprint density at radius 2 is 2.14 bits per heavy atom. The van der Waals surface area contributed by atoms with Crippen molar-refractivity contribution in [2.24, 2.45) is 0 Å². The van der Waals surface area contributed by atoms with E-state index in [0.29, 0.717) is 5.69 Å². The third-order valence-electron chi connectivity index (χ3n) is 2.88. The molecule has 1 aromatic carbocycles. The standard InChI is InChI=1S/C15H12FN3O2/c16-13-3-1-2-4-14(13)21-10-15(20)18-11-6-8-19-12(9-11)5-7-17-19/h1-9H,10H2,(H,18,20). The topological polar surface area (TPSA) is 55.6 Å². The maximum atomic E-state index is 13.3. The van der Waals surface area contributed by atoms with Gasteiger partial charge in [0.15, 0.2) is 18.2 Å². The average molecular weight is 285 g/mol. The van der Waals surface area contributed by atoms with E-state index in [1.807, 2.05) is 6.07 Å². The summed E-state index contributed by atoms with van der Waals surface area (Å²) >= 11 is 0. The van der Waals surface area contributed by atoms with Crippen LogP contribution in [0.1, 0.15) is 0 Å². The van der Waals surface area contributed by atoms with Crippen molar-refractivity contribution in [3.8, 4) is 5.75 Å². The Morgan fingerprint density at radius 1 is 1.29 bits per heavy atom. The van der Waals surface area contributed by atoms with Crippen LogP contribution in [0.2, 0.25) is 0 Å². The third kappa shape index (κ3) is 3.00. The van der Waals surface area contributed by atoms with Gasteiger partial charge in [0.1, 0.15) is 0 Å². The highest BCUT2D eigenvalue weighted by Gasteiger charge is 2.07. The molecule has 5 nitrogen and oxygen atoms in total. The second-order valence-corrected chi connectivity index (χ2v) is 4.38. The molecular weight excluding hydrogens is 273 g/mol. The third-order valence-corrected chi connectivity index (χ3v) is 2.88. The lowest BCUT2D eigenvalue weighted by Gasteiger charge is -2.08. The molecule has 0 aliphatic carbocycles. The van der Waals surface area contributed by atoms with E-state index in [9.17, 15) is 9.18 Å². The lowest BCUT2D eigenvalue weighted by atomic mass is 10.3. The number of aromatic nitrogens is 2. The number of nitrogens with zero attached hydrogens (tertiary/aromatic N) is 2. The maximum Gasteiger partial charge on any atom is 0.262 e. The van der Waals surface area contributed by atoms with Crippen LogP contribution in [0, 0.1) is 5.82 Å². The first-order valence-electron chi connectivity index (χ1n) is 6.33. The van der Waals surface area contributed by atoms with Gasteiger partial charge in [0.25, 0.3) is 5.91 Å². The van der Waals surface area contributed by atoms with Crippen molar-refractivity contribution in [2.45, 2.75) is 0 Å². The molecular formula is C15H12FN3O2. The van der Waals surface area contributed by atoms with Gasteiger partial charge in [-0.05, 0) is 30.3 Å². The van der Waals surface area contributed by atoms with Crippen molar-refractivity contribution in [1.29, 1.82) is 0 Å². The molecule has 2 aromatic heterocycles. The summed E-state index contributed by atoms with van der Waals surface area (Å²) in [7, 11) is 0. The number of anilines is 1. The van der Waals surface area contributed by atoms with E-state index < -0.39 is 5.82 Å². The molecule has 1 N–H and O–H groups in total. The highest BCUT2D eigenvalue weighted by molar-refractivity contribution is 5.92. The van der Waals surface area contributed by atoms with Crippen molar-refractivity contribution >= 4 is 17.1 Å². The van der Waals surface area contributed by atoms with Crippen molar-refractivity contribution in [2.75, 3.05) is 11.9 Å². The number of fused-ring (bicyclic) bond motifs is 1. The predicted molar refractivity (Wildman–Crippen MR) is 75.7 cm³/mol. The molecule has 0 atom stereocenters. The molecule has 0 aliphatic heterocycles. The molecule has 6 heteroatoms. The van der Waals surface area contributed by atoms with E-state index in [1.165, 1.54) is 12.1 Å². The number of para-hydroxylation sites is 1. The molecule has 2 heterocycles. The minimum atomic E-state index is -0.494. The molecule has 0 saturated heterocycles. The first kappa shape index (κ1) is 13.1. The van der Waals surface area contributed by atoms with Crippen LogP contribution >= 0.6 is 0 Å². The summed E-state index contributed by atoms with van der Waals surface area (Å²) in [6.45, 7) is -0.259. The van der Waals surface area contributed by atoms with E-state index in [1.54, 1.807) is 41.2 Å². The number of nitrogens with one attached hydrogen (secondary N) is 1. The Labute approximate surface area is 120 Å². The van der Waals surface area contributed by atoms with Gasteiger partial charge in [-0.15, -0.1) is 0 Å². The summed E-state index contributed by atoms with van der Waals surface area (Å²) in [6.07, 6.45) is 3.41. The Morgan fingerprint density at radius 3 is 3.00 bits per heavy atom. The summed E-state index contributed by atoms with van der Waals surface area (Å²) in [4.78, 5) is 11.8. The van der Waals surface area contributed by atoms with Crippen LogP contribution in [0.5, 0.6) is 5.75 Å². The number of carbonyl (C=O) groups is 1. The van der Waals surface area contributed by atoms with Gasteiger partial charge >= 0.3 is 0 Å². The Balaban J connectivity index is 1.62. The van der Waals surface area contributed by atoms with Gasteiger partial charge in [-0.2, -0.15) is 5.10 Å². The molecule has 21 heavy (non-hydrogen) atoms. The largest absolute Gasteiger partial charge is 0.481 e. The Kier molecular flexibility index (Phi) is 3.51. The minimum Gasteiger partial charge on any atom is -0.481 e. The van der Waals surface area contributed by atoms with E-state index in [2.05, 4.69) is 10.4 Å². The number of pyridine rings is 1. The first-order valence-corrected chi connectivity index (χ1v) is 6.33. The monoisotopic (exact) mass is 285 g/mol. The Bertz CT molecular complexity index is 785. The van der Waals surface area contributed by atoms with Crippen molar-refractivity contribution in [3.05, 3.63) is 60.7 Å². The van der Waals surface area contributed by atoms with Gasteiger partial charge in [-0.3, -0.25) is 4.79 Å². The SMILES string of the molecule is O=C(COc1ccccc1F)Nc1ccn2nccc2c1. The van der Waals surface area contributed by atoms with Crippen LogP contribution in [0.15, 0.2) is 54.9 Å². The second kappa shape index (κ2) is 5.62. The van der Waals surface area contributed by atoms with Gasteiger partial charge in [-0.1, -0.05) is 12.1 Å². The number of hydrogen-bond acceptors (Lipinski definition) is 3. The fraction of sp³-hybridized carbons (Fsp3) is 0.0667. The zero-order valence-electron chi connectivity index (χ0n) is 11.0. The lowest BCUT2D eigenvalue weighted by Crippen LogP contribution is -2.20. The molecule has 106 valence electrons. The predicted octanol–water partition coefficient (Wildman–Crippen LogP) is 2.49. The van der Waals surface area contributed by atoms with E-state index >= 15 is 0 Å². The number of hydrogen-bond donors (Lipinski definition) is 1. The minimum absolute atomic E-state index is 0.0545. The molecule has 3 aromatic rings. The fourth-order valence-electron chi connectivity index (χ4n) is 1.90. The summed E-state index contributed by atoms with van der Waals surface area (Å²) in [5, 5.41) is 6.75. The summed E-state index contributed by atoms with van der Waals surface area (Å²) < 4.78 is 20.2. The van der Waals surface area contributed by atoms with Gasteiger partial charge in [0.05, 0.1) is 5.52 Å². The number of rotatable bonds is 4. The highest BCUT2D eigenvalue weighted by Crippen LogP contribution is 2.15. The van der Waals surface area contributed by atoms with Gasteiger partial charge in [0.2, 0.25) is 0 Å². The Hall–Kier alpha value is -2.89. The molecule has 0 spiro atoms. The van der Waals surface area contributed by atoms with Gasteiger partial charge in [0, 0.05) is 18.1 Å². The summed E-state index contributed by atoms with van der Waals surface area (Å²) in [5.41, 5.74) is 1.49. The maximum absolute atomic E-state index is 13.3. The van der Waals surface area contributed by atoms with E-state index in [-0.39, 0.29) is 18.3 Å². The molecule has 0 bridgehead atoms. The smallest absolute Gasteiger partial charge is 0.262 e. The lowest BCUT2D eigenvalue weighted by molar-refractivity contribution is -0.118. The summed E-state index contributed by atoms with van der Waals surface area (Å²) in [6, 6.07) is 11.3. The fourth-order valence-corrected chi connectivity index (χ4v) is 1.90. The number of halogens is 1. The van der Waals surface area contributed by atoms with Crippen molar-refractivity contribution in [3.63, 3.8) is 0 Å². The zero-order chi connectivity index (χ0) is 14.7. The van der Waals surface area contributed by atoms with Crippen LogP contribution in [-0.4, -0.2) is 22.1 Å². The first-order chi connectivity index (χ1) is 10.2. The molecule has 0 saturated carbocycles. The second-order valence-electron chi connectivity index (χ2n) is 4.38. The zero-order valence-corrected chi connectivity index (χ0v) is 11.0. The van der Waals surface area contributed by atoms with Crippen LogP contribution < -0.4 is 10.1 Å². The summed E-state index contributed by atoms with van der Waals surface area (Å²) in [5.74, 6) is -0.799. The quantitative estimate of drug-likeness (QED) is 0.801. The van der Waals surface area contributed by atoms with Gasteiger partial charge < -0.3 is 10.1 Å². The van der Waals surface area contributed by atoms with Crippen LogP contribution in [-0.2, 0) is 4.79 Å². The normalized spacial score (nSPS) is 10.5.